The predicted octanol–water partition coefficient (Wildman–Crippen LogP) is 1.41. The van der Waals surface area contributed by atoms with Crippen molar-refractivity contribution in [1.29, 1.82) is 0 Å². The van der Waals surface area contributed by atoms with Crippen molar-refractivity contribution in [1.82, 2.24) is 14.8 Å². The summed E-state index contributed by atoms with van der Waals surface area (Å²) in [5.74, 6) is -0.313. The first-order chi connectivity index (χ1) is 8.08. The summed E-state index contributed by atoms with van der Waals surface area (Å²) in [6.07, 6.45) is 2.99. The number of hydrogen-bond donors (Lipinski definition) is 2. The molecule has 0 aliphatic heterocycles. The van der Waals surface area contributed by atoms with Gasteiger partial charge in [-0.05, 0) is 28.1 Å². The van der Waals surface area contributed by atoms with E-state index in [1.54, 1.807) is 25.4 Å². The number of nitrogens with zero attached hydrogens (tertiary/aromatic N) is 3. The summed E-state index contributed by atoms with van der Waals surface area (Å²) >= 11 is 3.22. The summed E-state index contributed by atoms with van der Waals surface area (Å²) in [6, 6.07) is 3.48. The molecule has 0 spiro atoms. The lowest BCUT2D eigenvalue weighted by Gasteiger charge is -2.05. The van der Waals surface area contributed by atoms with E-state index in [1.807, 2.05) is 0 Å². The highest BCUT2D eigenvalue weighted by Crippen LogP contribution is 2.14. The van der Waals surface area contributed by atoms with Crippen LogP contribution in [0.3, 0.4) is 0 Å². The number of anilines is 2. The van der Waals surface area contributed by atoms with E-state index in [-0.39, 0.29) is 5.91 Å². The number of carbonyl (C=O) groups excluding carboxylic acids is 1. The number of aryl methyl sites for hydroxylation is 1. The van der Waals surface area contributed by atoms with Gasteiger partial charge in [-0.3, -0.25) is 9.48 Å². The fourth-order valence-electron chi connectivity index (χ4n) is 1.37. The van der Waals surface area contributed by atoms with Crippen molar-refractivity contribution in [2.24, 2.45) is 7.05 Å². The second-order valence-electron chi connectivity index (χ2n) is 3.40. The lowest BCUT2D eigenvalue weighted by Crippen LogP contribution is -2.17. The fourth-order valence-corrected chi connectivity index (χ4v) is 1.61. The minimum atomic E-state index is -0.313. The Bertz CT molecular complexity index is 529. The van der Waals surface area contributed by atoms with Gasteiger partial charge in [-0.1, -0.05) is 0 Å². The third-order valence-corrected chi connectivity index (χ3v) is 2.64. The van der Waals surface area contributed by atoms with Crippen molar-refractivity contribution in [3.63, 3.8) is 0 Å². The Morgan fingerprint density at radius 1 is 1.47 bits per heavy atom. The van der Waals surface area contributed by atoms with E-state index in [1.165, 1.54) is 10.9 Å². The number of nitrogen functional groups attached to an aromatic ring is 1. The number of aromatic nitrogens is 3. The Morgan fingerprint density at radius 2 is 2.24 bits per heavy atom. The molecule has 0 aromatic carbocycles. The maximum Gasteiger partial charge on any atom is 0.276 e. The molecular formula is C10H10BrN5O. The number of rotatable bonds is 2. The van der Waals surface area contributed by atoms with Crippen LogP contribution in [0.2, 0.25) is 0 Å². The zero-order valence-corrected chi connectivity index (χ0v) is 10.6. The Kier molecular flexibility index (Phi) is 3.10. The lowest BCUT2D eigenvalue weighted by atomic mass is 10.3. The van der Waals surface area contributed by atoms with Gasteiger partial charge >= 0.3 is 0 Å². The van der Waals surface area contributed by atoms with Crippen LogP contribution in [-0.4, -0.2) is 20.7 Å². The second-order valence-corrected chi connectivity index (χ2v) is 4.21. The molecule has 0 saturated carbocycles. The molecule has 2 aromatic heterocycles. The van der Waals surface area contributed by atoms with Gasteiger partial charge < -0.3 is 11.1 Å². The maximum absolute atomic E-state index is 11.9. The monoisotopic (exact) mass is 295 g/mol. The largest absolute Gasteiger partial charge is 0.396 e. The van der Waals surface area contributed by atoms with Gasteiger partial charge in [0.25, 0.3) is 5.91 Å². The molecular weight excluding hydrogens is 286 g/mol. The molecule has 0 bridgehead atoms. The molecule has 0 aliphatic rings. The van der Waals surface area contributed by atoms with Crippen LogP contribution in [-0.2, 0) is 7.05 Å². The normalized spacial score (nSPS) is 10.2. The number of amides is 1. The van der Waals surface area contributed by atoms with Gasteiger partial charge in [-0.2, -0.15) is 5.10 Å². The smallest absolute Gasteiger partial charge is 0.276 e. The van der Waals surface area contributed by atoms with E-state index in [0.29, 0.717) is 21.7 Å². The summed E-state index contributed by atoms with van der Waals surface area (Å²) in [5, 5.41) is 6.59. The zero-order valence-electron chi connectivity index (χ0n) is 9.01. The molecule has 3 N–H and O–H groups in total. The molecule has 2 heterocycles. The quantitative estimate of drug-likeness (QED) is 0.820. The molecule has 0 unspecified atom stereocenters. The highest BCUT2D eigenvalue weighted by atomic mass is 79.9. The first-order valence-electron chi connectivity index (χ1n) is 4.78. The molecule has 0 aliphatic carbocycles. The highest BCUT2D eigenvalue weighted by molar-refractivity contribution is 9.10. The van der Waals surface area contributed by atoms with Crippen LogP contribution in [0.25, 0.3) is 0 Å². The van der Waals surface area contributed by atoms with Crippen molar-refractivity contribution < 1.29 is 4.79 Å². The van der Waals surface area contributed by atoms with Gasteiger partial charge in [0.2, 0.25) is 0 Å². The number of nitrogens with one attached hydrogen (secondary N) is 1. The Hall–Kier alpha value is -1.89. The molecule has 0 saturated heterocycles. The molecule has 88 valence electrons. The van der Waals surface area contributed by atoms with Crippen molar-refractivity contribution in [2.45, 2.75) is 0 Å². The van der Waals surface area contributed by atoms with Crippen LogP contribution >= 0.6 is 15.9 Å². The number of pyridine rings is 1. The predicted molar refractivity (Wildman–Crippen MR) is 67.5 cm³/mol. The standard InChI is InChI=1S/C10H10BrN5O/c1-16-9(7(12)5-14-16)10(17)15-6-2-3-8(11)13-4-6/h2-5H,12H2,1H3,(H,15,17). The lowest BCUT2D eigenvalue weighted by molar-refractivity contribution is 0.101. The first kappa shape index (κ1) is 11.6. The molecule has 0 atom stereocenters. The Labute approximate surface area is 106 Å². The SMILES string of the molecule is Cn1ncc(N)c1C(=O)Nc1ccc(Br)nc1. The molecule has 0 fully saturated rings. The Morgan fingerprint density at radius 3 is 2.76 bits per heavy atom. The van der Waals surface area contributed by atoms with E-state index < -0.39 is 0 Å². The van der Waals surface area contributed by atoms with Gasteiger partial charge in [0.05, 0.1) is 23.8 Å². The second kappa shape index (κ2) is 4.54. The number of carbonyl (C=O) groups is 1. The molecule has 2 aromatic rings. The third-order valence-electron chi connectivity index (χ3n) is 2.17. The topological polar surface area (TPSA) is 85.8 Å². The van der Waals surface area contributed by atoms with E-state index in [2.05, 4.69) is 31.3 Å². The number of halogens is 1. The highest BCUT2D eigenvalue weighted by Gasteiger charge is 2.14. The van der Waals surface area contributed by atoms with E-state index in [4.69, 9.17) is 5.73 Å². The summed E-state index contributed by atoms with van der Waals surface area (Å²) in [4.78, 5) is 15.9. The van der Waals surface area contributed by atoms with Crippen LogP contribution in [0.4, 0.5) is 11.4 Å². The van der Waals surface area contributed by atoms with Gasteiger partial charge in [0, 0.05) is 7.05 Å². The molecule has 1 amide bonds. The van der Waals surface area contributed by atoms with Gasteiger partial charge in [0.15, 0.2) is 0 Å². The fraction of sp³-hybridized carbons (Fsp3) is 0.100. The summed E-state index contributed by atoms with van der Waals surface area (Å²) < 4.78 is 2.13. The van der Waals surface area contributed by atoms with Crippen LogP contribution in [0, 0.1) is 0 Å². The van der Waals surface area contributed by atoms with E-state index >= 15 is 0 Å². The Balaban J connectivity index is 2.20. The molecule has 17 heavy (non-hydrogen) atoms. The van der Waals surface area contributed by atoms with Crippen LogP contribution in [0.15, 0.2) is 29.1 Å². The summed E-state index contributed by atoms with van der Waals surface area (Å²) in [5.41, 5.74) is 6.92. The van der Waals surface area contributed by atoms with Crippen molar-refractivity contribution in [2.75, 3.05) is 11.1 Å². The molecule has 6 nitrogen and oxygen atoms in total. The van der Waals surface area contributed by atoms with E-state index in [9.17, 15) is 4.79 Å². The van der Waals surface area contributed by atoms with Crippen molar-refractivity contribution in [3.05, 3.63) is 34.8 Å². The van der Waals surface area contributed by atoms with Crippen LogP contribution < -0.4 is 11.1 Å². The van der Waals surface area contributed by atoms with Gasteiger partial charge in [-0.25, -0.2) is 4.98 Å². The first-order valence-corrected chi connectivity index (χ1v) is 5.57. The average molecular weight is 296 g/mol. The van der Waals surface area contributed by atoms with Crippen molar-refractivity contribution >= 4 is 33.2 Å². The van der Waals surface area contributed by atoms with Crippen LogP contribution in [0.1, 0.15) is 10.5 Å². The minimum absolute atomic E-state index is 0.313. The van der Waals surface area contributed by atoms with Crippen LogP contribution in [0.5, 0.6) is 0 Å². The third kappa shape index (κ3) is 2.44. The zero-order chi connectivity index (χ0) is 12.4. The molecule has 7 heteroatoms. The van der Waals surface area contributed by atoms with Gasteiger partial charge in [0.1, 0.15) is 10.3 Å². The summed E-state index contributed by atoms with van der Waals surface area (Å²) in [7, 11) is 1.66. The van der Waals surface area contributed by atoms with Crippen molar-refractivity contribution in [3.8, 4) is 0 Å². The average Bonchev–Trinajstić information content (AvgIpc) is 2.62. The number of nitrogens with two attached hydrogens (primary N) is 1. The maximum atomic E-state index is 11.9. The number of hydrogen-bond acceptors (Lipinski definition) is 4. The van der Waals surface area contributed by atoms with E-state index in [0.717, 1.165) is 0 Å². The molecule has 2 rings (SSSR count). The van der Waals surface area contributed by atoms with Gasteiger partial charge in [-0.15, -0.1) is 0 Å². The summed E-state index contributed by atoms with van der Waals surface area (Å²) in [6.45, 7) is 0. The minimum Gasteiger partial charge on any atom is -0.396 e. The molecule has 0 radical (unpaired) electrons.